The number of phenolic OH excluding ortho intramolecular Hbond substituents is 1. The Morgan fingerprint density at radius 1 is 1.09 bits per heavy atom. The third-order valence-electron chi connectivity index (χ3n) is 10.1. The maximum atomic E-state index is 16.7. The standard InChI is InChI=1S/C31H33ClFN7O4/c32-21-13-18(41)12-19(22(21)17-4-5-17)24-23(33)25-20(14-34-24)26(39-9-3-8-31(15-39)27(42)37-28(43)38-31)36-29(35-25)44-16-30-6-1-10-40(30)11-2-7-30/h12-14,17,41H,1-11,15-16H2,(H2,37,38,42,43). The van der Waals surface area contributed by atoms with Crippen molar-refractivity contribution in [3.8, 4) is 23.0 Å². The highest BCUT2D eigenvalue weighted by atomic mass is 35.5. The van der Waals surface area contributed by atoms with Crippen LogP contribution in [0.15, 0.2) is 18.3 Å². The third-order valence-corrected chi connectivity index (χ3v) is 10.4. The van der Waals surface area contributed by atoms with E-state index in [1.165, 1.54) is 18.3 Å². The molecule has 4 aliphatic heterocycles. The highest BCUT2D eigenvalue weighted by molar-refractivity contribution is 6.32. The van der Waals surface area contributed by atoms with Crippen LogP contribution < -0.4 is 20.3 Å². The number of piperidine rings is 1. The molecule has 3 aromatic rings. The number of fused-ring (bicyclic) bond motifs is 2. The number of hydrogen-bond acceptors (Lipinski definition) is 9. The van der Waals surface area contributed by atoms with Crippen molar-refractivity contribution in [1.29, 1.82) is 0 Å². The molecule has 44 heavy (non-hydrogen) atoms. The summed E-state index contributed by atoms with van der Waals surface area (Å²) >= 11 is 6.54. The number of rotatable bonds is 6. The molecule has 1 aliphatic carbocycles. The summed E-state index contributed by atoms with van der Waals surface area (Å²) < 4.78 is 23.0. The molecule has 6 heterocycles. The van der Waals surface area contributed by atoms with Crippen LogP contribution in [0.2, 0.25) is 5.02 Å². The summed E-state index contributed by atoms with van der Waals surface area (Å²) in [5.41, 5.74) is 0.102. The van der Waals surface area contributed by atoms with Crippen molar-refractivity contribution in [2.75, 3.05) is 37.7 Å². The molecule has 1 saturated carbocycles. The molecule has 1 aromatic carbocycles. The molecule has 230 valence electrons. The molecule has 4 saturated heterocycles. The first-order chi connectivity index (χ1) is 21.3. The zero-order chi connectivity index (χ0) is 30.2. The molecule has 1 spiro atoms. The minimum Gasteiger partial charge on any atom is -0.508 e. The van der Waals surface area contributed by atoms with E-state index in [2.05, 4.69) is 25.5 Å². The van der Waals surface area contributed by atoms with Gasteiger partial charge >= 0.3 is 12.0 Å². The zero-order valence-electron chi connectivity index (χ0n) is 24.2. The number of anilines is 1. The molecule has 13 heteroatoms. The number of hydrogen-bond donors (Lipinski definition) is 3. The molecule has 8 rings (SSSR count). The number of nitrogens with one attached hydrogen (secondary N) is 2. The van der Waals surface area contributed by atoms with E-state index >= 15 is 4.39 Å². The van der Waals surface area contributed by atoms with Crippen molar-refractivity contribution in [2.24, 2.45) is 0 Å². The van der Waals surface area contributed by atoms with Crippen LogP contribution in [0.1, 0.15) is 62.8 Å². The number of phenols is 1. The van der Waals surface area contributed by atoms with Gasteiger partial charge in [-0.1, -0.05) is 11.6 Å². The lowest BCUT2D eigenvalue weighted by Crippen LogP contribution is -2.58. The first kappa shape index (κ1) is 27.8. The fraction of sp³-hybridized carbons (Fsp3) is 0.516. The van der Waals surface area contributed by atoms with Crippen LogP contribution >= 0.6 is 11.6 Å². The summed E-state index contributed by atoms with van der Waals surface area (Å²) in [7, 11) is 0. The van der Waals surface area contributed by atoms with Gasteiger partial charge in [0, 0.05) is 23.3 Å². The molecule has 5 fully saturated rings. The number of halogens is 2. The van der Waals surface area contributed by atoms with Crippen LogP contribution in [0.25, 0.3) is 22.2 Å². The minimum absolute atomic E-state index is 0.0305. The third kappa shape index (κ3) is 4.44. The SMILES string of the molecule is O=C1NC(=O)C2(CCCN(c3nc(OCC45CCCN4CCC5)nc4c(F)c(-c5cc(O)cc(Cl)c5C5CC5)ncc34)C2)N1. The Morgan fingerprint density at radius 2 is 1.86 bits per heavy atom. The average Bonchev–Trinajstić information content (AvgIpc) is 3.53. The zero-order valence-corrected chi connectivity index (χ0v) is 24.9. The highest BCUT2D eigenvalue weighted by Gasteiger charge is 2.49. The van der Waals surface area contributed by atoms with Crippen molar-refractivity contribution in [2.45, 2.75) is 68.4 Å². The molecule has 3 amide bonds. The van der Waals surface area contributed by atoms with E-state index in [1.807, 2.05) is 4.90 Å². The number of imide groups is 1. The van der Waals surface area contributed by atoms with Gasteiger partial charge in [-0.05, 0) is 88.1 Å². The minimum atomic E-state index is -1.11. The molecule has 11 nitrogen and oxygen atoms in total. The second-order valence-electron chi connectivity index (χ2n) is 12.9. The largest absolute Gasteiger partial charge is 0.508 e. The number of aromatic hydroxyl groups is 1. The number of amides is 3. The van der Waals surface area contributed by atoms with Gasteiger partial charge in [-0.15, -0.1) is 0 Å². The topological polar surface area (TPSA) is 133 Å². The van der Waals surface area contributed by atoms with E-state index in [0.717, 1.165) is 57.2 Å². The number of carbonyl (C=O) groups is 2. The van der Waals surface area contributed by atoms with E-state index in [4.69, 9.17) is 21.3 Å². The van der Waals surface area contributed by atoms with Crippen LogP contribution in [0.3, 0.4) is 0 Å². The lowest BCUT2D eigenvalue weighted by atomic mass is 9.89. The van der Waals surface area contributed by atoms with Crippen LogP contribution in [0, 0.1) is 5.82 Å². The van der Waals surface area contributed by atoms with Gasteiger partial charge in [-0.3, -0.25) is 20.0 Å². The molecule has 5 aliphatic rings. The smallest absolute Gasteiger partial charge is 0.322 e. The molecule has 2 aromatic heterocycles. The first-order valence-electron chi connectivity index (χ1n) is 15.4. The Balaban J connectivity index is 1.24. The number of ether oxygens (including phenoxy) is 1. The van der Waals surface area contributed by atoms with Crippen molar-refractivity contribution in [3.63, 3.8) is 0 Å². The predicted molar refractivity (Wildman–Crippen MR) is 160 cm³/mol. The Kier molecular flexibility index (Phi) is 6.39. The lowest BCUT2D eigenvalue weighted by Gasteiger charge is -2.39. The quantitative estimate of drug-likeness (QED) is 0.346. The number of urea groups is 1. The van der Waals surface area contributed by atoms with Crippen LogP contribution in [-0.2, 0) is 4.79 Å². The predicted octanol–water partition coefficient (Wildman–Crippen LogP) is 4.25. The Labute approximate surface area is 258 Å². The second kappa shape index (κ2) is 10.1. The summed E-state index contributed by atoms with van der Waals surface area (Å²) in [4.78, 5) is 43.2. The van der Waals surface area contributed by atoms with E-state index in [0.29, 0.717) is 47.8 Å². The van der Waals surface area contributed by atoms with E-state index in [9.17, 15) is 14.7 Å². The number of nitrogens with zero attached hydrogens (tertiary/aromatic N) is 5. The molecule has 3 N–H and O–H groups in total. The molecule has 1 atom stereocenters. The van der Waals surface area contributed by atoms with Gasteiger partial charge in [-0.25, -0.2) is 9.18 Å². The molecular formula is C31H33ClFN7O4. The van der Waals surface area contributed by atoms with Gasteiger partial charge in [-0.2, -0.15) is 9.97 Å². The van der Waals surface area contributed by atoms with Crippen molar-refractivity contribution >= 4 is 40.3 Å². The average molecular weight is 622 g/mol. The van der Waals surface area contributed by atoms with Gasteiger partial charge in [0.15, 0.2) is 5.82 Å². The monoisotopic (exact) mass is 621 g/mol. The summed E-state index contributed by atoms with van der Waals surface area (Å²) in [6.45, 7) is 3.16. The fourth-order valence-corrected chi connectivity index (χ4v) is 8.18. The van der Waals surface area contributed by atoms with Gasteiger partial charge in [0.05, 0.1) is 17.5 Å². The van der Waals surface area contributed by atoms with Crippen molar-refractivity contribution in [1.82, 2.24) is 30.5 Å². The van der Waals surface area contributed by atoms with Gasteiger partial charge in [0.1, 0.15) is 34.9 Å². The van der Waals surface area contributed by atoms with Crippen LogP contribution in [0.5, 0.6) is 11.8 Å². The van der Waals surface area contributed by atoms with Gasteiger partial charge < -0.3 is 20.1 Å². The van der Waals surface area contributed by atoms with E-state index < -0.39 is 17.4 Å². The van der Waals surface area contributed by atoms with E-state index in [-0.39, 0.29) is 46.9 Å². The van der Waals surface area contributed by atoms with Crippen molar-refractivity contribution in [3.05, 3.63) is 34.7 Å². The number of pyridine rings is 1. The lowest BCUT2D eigenvalue weighted by molar-refractivity contribution is -0.124. The Bertz CT molecular complexity index is 1710. The van der Waals surface area contributed by atoms with Crippen molar-refractivity contribution < 1.29 is 23.8 Å². The summed E-state index contributed by atoms with van der Waals surface area (Å²) in [6, 6.07) is 2.49. The van der Waals surface area contributed by atoms with Gasteiger partial charge in [0.2, 0.25) is 0 Å². The molecule has 0 bridgehead atoms. The Morgan fingerprint density at radius 3 is 2.59 bits per heavy atom. The first-order valence-corrected chi connectivity index (χ1v) is 15.8. The molecular weight excluding hydrogens is 589 g/mol. The van der Waals surface area contributed by atoms with E-state index in [1.54, 1.807) is 0 Å². The Hall–Kier alpha value is -3.77. The number of benzene rings is 1. The molecule has 0 radical (unpaired) electrons. The molecule has 1 unspecified atom stereocenters. The second-order valence-corrected chi connectivity index (χ2v) is 13.3. The van der Waals surface area contributed by atoms with Crippen LogP contribution in [0.4, 0.5) is 15.0 Å². The normalized spacial score (nSPS) is 24.6. The summed E-state index contributed by atoms with van der Waals surface area (Å²) in [6.07, 6.45) is 8.74. The van der Waals surface area contributed by atoms with Gasteiger partial charge in [0.25, 0.3) is 5.91 Å². The fourth-order valence-electron chi connectivity index (χ4n) is 7.81. The maximum absolute atomic E-state index is 16.7. The summed E-state index contributed by atoms with van der Waals surface area (Å²) in [5, 5.41) is 16.3. The van der Waals surface area contributed by atoms with Crippen LogP contribution in [-0.4, -0.2) is 80.8 Å². The highest BCUT2D eigenvalue weighted by Crippen LogP contribution is 2.49. The maximum Gasteiger partial charge on any atom is 0.322 e. The number of aromatic nitrogens is 3. The number of carbonyl (C=O) groups excluding carboxylic acids is 2. The summed E-state index contributed by atoms with van der Waals surface area (Å²) in [5.74, 6) is -0.564.